The highest BCUT2D eigenvalue weighted by Crippen LogP contribution is 2.28. The molecule has 0 bridgehead atoms. The SMILES string of the molecule is CN(C)c1ccc(Cl)cc1NC(=O)CCC1CCCN1. The van der Waals surface area contributed by atoms with Crippen molar-refractivity contribution in [2.24, 2.45) is 0 Å². The maximum atomic E-state index is 12.1. The number of hydrogen-bond donors (Lipinski definition) is 2. The summed E-state index contributed by atoms with van der Waals surface area (Å²) < 4.78 is 0. The zero-order valence-electron chi connectivity index (χ0n) is 12.1. The minimum absolute atomic E-state index is 0.0454. The number of carbonyl (C=O) groups is 1. The molecule has 0 spiro atoms. The van der Waals surface area contributed by atoms with E-state index in [0.717, 1.165) is 24.3 Å². The van der Waals surface area contributed by atoms with Gasteiger partial charge in [0.15, 0.2) is 0 Å². The first-order valence-corrected chi connectivity index (χ1v) is 7.44. The van der Waals surface area contributed by atoms with Gasteiger partial charge in [-0.2, -0.15) is 0 Å². The number of rotatable bonds is 5. The zero-order valence-corrected chi connectivity index (χ0v) is 12.8. The standard InChI is InChI=1S/C15H22ClN3O/c1-19(2)14-7-5-11(16)10-13(14)18-15(20)8-6-12-4-3-9-17-12/h5,7,10,12,17H,3-4,6,8-9H2,1-2H3,(H,18,20). The fraction of sp³-hybridized carbons (Fsp3) is 0.533. The van der Waals surface area contributed by atoms with Crippen LogP contribution in [0.2, 0.25) is 5.02 Å². The first-order chi connectivity index (χ1) is 9.56. The molecule has 110 valence electrons. The van der Waals surface area contributed by atoms with Crippen molar-refractivity contribution in [1.29, 1.82) is 0 Å². The van der Waals surface area contributed by atoms with Crippen molar-refractivity contribution in [1.82, 2.24) is 5.32 Å². The monoisotopic (exact) mass is 295 g/mol. The fourth-order valence-corrected chi connectivity index (χ4v) is 2.69. The molecule has 1 atom stereocenters. The summed E-state index contributed by atoms with van der Waals surface area (Å²) in [5.41, 5.74) is 1.73. The maximum Gasteiger partial charge on any atom is 0.224 e. The van der Waals surface area contributed by atoms with Gasteiger partial charge in [-0.05, 0) is 44.0 Å². The molecule has 2 rings (SSSR count). The van der Waals surface area contributed by atoms with E-state index in [1.54, 1.807) is 6.07 Å². The van der Waals surface area contributed by atoms with Crippen LogP contribution in [-0.2, 0) is 4.79 Å². The molecular weight excluding hydrogens is 274 g/mol. The van der Waals surface area contributed by atoms with Gasteiger partial charge in [0.25, 0.3) is 0 Å². The number of carbonyl (C=O) groups excluding carboxylic acids is 1. The Labute approximate surface area is 125 Å². The molecule has 1 aromatic carbocycles. The lowest BCUT2D eigenvalue weighted by atomic mass is 10.1. The smallest absolute Gasteiger partial charge is 0.224 e. The van der Waals surface area contributed by atoms with Crippen LogP contribution in [0.25, 0.3) is 0 Å². The van der Waals surface area contributed by atoms with Crippen LogP contribution in [-0.4, -0.2) is 32.6 Å². The van der Waals surface area contributed by atoms with Gasteiger partial charge in [0, 0.05) is 31.6 Å². The van der Waals surface area contributed by atoms with Crippen molar-refractivity contribution in [3.8, 4) is 0 Å². The van der Waals surface area contributed by atoms with E-state index in [-0.39, 0.29) is 5.91 Å². The Kier molecular flexibility index (Phi) is 5.26. The maximum absolute atomic E-state index is 12.1. The van der Waals surface area contributed by atoms with Gasteiger partial charge < -0.3 is 15.5 Å². The molecule has 20 heavy (non-hydrogen) atoms. The summed E-state index contributed by atoms with van der Waals surface area (Å²) in [6, 6.07) is 6.03. The molecule has 1 aromatic rings. The van der Waals surface area contributed by atoms with E-state index in [1.807, 2.05) is 31.1 Å². The number of anilines is 2. The lowest BCUT2D eigenvalue weighted by Gasteiger charge is -2.18. The third kappa shape index (κ3) is 4.12. The Bertz CT molecular complexity index is 470. The summed E-state index contributed by atoms with van der Waals surface area (Å²) in [5.74, 6) is 0.0454. The second kappa shape index (κ2) is 6.95. The molecule has 0 aromatic heterocycles. The fourth-order valence-electron chi connectivity index (χ4n) is 2.52. The summed E-state index contributed by atoms with van der Waals surface area (Å²) >= 11 is 6.01. The molecule has 1 unspecified atom stereocenters. The molecule has 1 heterocycles. The second-order valence-electron chi connectivity index (χ2n) is 5.44. The van der Waals surface area contributed by atoms with Gasteiger partial charge in [0.1, 0.15) is 0 Å². The summed E-state index contributed by atoms with van der Waals surface area (Å²) in [4.78, 5) is 14.0. The number of halogens is 1. The van der Waals surface area contributed by atoms with E-state index in [2.05, 4.69) is 10.6 Å². The van der Waals surface area contributed by atoms with E-state index in [4.69, 9.17) is 11.6 Å². The normalized spacial score (nSPS) is 18.1. The predicted octanol–water partition coefficient (Wildman–Crippen LogP) is 2.88. The number of hydrogen-bond acceptors (Lipinski definition) is 3. The highest BCUT2D eigenvalue weighted by atomic mass is 35.5. The van der Waals surface area contributed by atoms with Gasteiger partial charge in [-0.3, -0.25) is 4.79 Å². The topological polar surface area (TPSA) is 44.4 Å². The van der Waals surface area contributed by atoms with Gasteiger partial charge >= 0.3 is 0 Å². The average molecular weight is 296 g/mol. The predicted molar refractivity (Wildman–Crippen MR) is 84.7 cm³/mol. The van der Waals surface area contributed by atoms with Crippen molar-refractivity contribution in [3.05, 3.63) is 23.2 Å². The average Bonchev–Trinajstić information content (AvgIpc) is 2.89. The molecule has 1 aliphatic heterocycles. The van der Waals surface area contributed by atoms with Gasteiger partial charge in [-0.25, -0.2) is 0 Å². The van der Waals surface area contributed by atoms with Crippen LogP contribution in [0.15, 0.2) is 18.2 Å². The lowest BCUT2D eigenvalue weighted by Crippen LogP contribution is -2.24. The van der Waals surface area contributed by atoms with Crippen LogP contribution in [0, 0.1) is 0 Å². The van der Waals surface area contributed by atoms with E-state index < -0.39 is 0 Å². The van der Waals surface area contributed by atoms with E-state index in [9.17, 15) is 4.79 Å². The Hall–Kier alpha value is -1.26. The van der Waals surface area contributed by atoms with E-state index in [1.165, 1.54) is 12.8 Å². The lowest BCUT2D eigenvalue weighted by molar-refractivity contribution is -0.116. The molecule has 0 radical (unpaired) electrons. The molecule has 5 heteroatoms. The summed E-state index contributed by atoms with van der Waals surface area (Å²) in [6.45, 7) is 1.07. The number of nitrogens with zero attached hydrogens (tertiary/aromatic N) is 1. The van der Waals surface area contributed by atoms with Crippen molar-refractivity contribution < 1.29 is 4.79 Å². The molecule has 4 nitrogen and oxygen atoms in total. The van der Waals surface area contributed by atoms with Crippen LogP contribution in [0.3, 0.4) is 0 Å². The van der Waals surface area contributed by atoms with Crippen LogP contribution in [0.5, 0.6) is 0 Å². The van der Waals surface area contributed by atoms with Crippen LogP contribution in [0.4, 0.5) is 11.4 Å². The summed E-state index contributed by atoms with van der Waals surface area (Å²) in [5, 5.41) is 7.00. The first kappa shape index (κ1) is 15.1. The quantitative estimate of drug-likeness (QED) is 0.878. The Morgan fingerprint density at radius 3 is 2.95 bits per heavy atom. The van der Waals surface area contributed by atoms with E-state index >= 15 is 0 Å². The number of nitrogens with one attached hydrogen (secondary N) is 2. The molecular formula is C15H22ClN3O. The third-order valence-corrected chi connectivity index (χ3v) is 3.83. The first-order valence-electron chi connectivity index (χ1n) is 7.06. The molecule has 1 aliphatic rings. The third-order valence-electron chi connectivity index (χ3n) is 3.60. The van der Waals surface area contributed by atoms with Gasteiger partial charge in [-0.15, -0.1) is 0 Å². The number of amides is 1. The molecule has 0 aliphatic carbocycles. The molecule has 1 saturated heterocycles. The van der Waals surface area contributed by atoms with Crippen LogP contribution in [0.1, 0.15) is 25.7 Å². The molecule has 1 amide bonds. The Morgan fingerprint density at radius 1 is 1.50 bits per heavy atom. The van der Waals surface area contributed by atoms with Gasteiger partial charge in [0.05, 0.1) is 11.4 Å². The molecule has 2 N–H and O–H groups in total. The highest BCUT2D eigenvalue weighted by molar-refractivity contribution is 6.31. The Morgan fingerprint density at radius 2 is 2.30 bits per heavy atom. The van der Waals surface area contributed by atoms with Crippen molar-refractivity contribution in [2.45, 2.75) is 31.7 Å². The van der Waals surface area contributed by atoms with Crippen molar-refractivity contribution in [3.63, 3.8) is 0 Å². The molecule has 1 fully saturated rings. The van der Waals surface area contributed by atoms with Crippen LogP contribution < -0.4 is 15.5 Å². The van der Waals surface area contributed by atoms with Crippen LogP contribution >= 0.6 is 11.6 Å². The Balaban J connectivity index is 1.94. The van der Waals surface area contributed by atoms with Crippen molar-refractivity contribution >= 4 is 28.9 Å². The van der Waals surface area contributed by atoms with Crippen molar-refractivity contribution in [2.75, 3.05) is 30.9 Å². The summed E-state index contributed by atoms with van der Waals surface area (Å²) in [7, 11) is 3.89. The summed E-state index contributed by atoms with van der Waals surface area (Å²) in [6.07, 6.45) is 3.82. The highest BCUT2D eigenvalue weighted by Gasteiger charge is 2.16. The van der Waals surface area contributed by atoms with E-state index in [0.29, 0.717) is 17.5 Å². The minimum atomic E-state index is 0.0454. The second-order valence-corrected chi connectivity index (χ2v) is 5.87. The number of benzene rings is 1. The van der Waals surface area contributed by atoms with Gasteiger partial charge in [-0.1, -0.05) is 11.6 Å². The zero-order chi connectivity index (χ0) is 14.5. The largest absolute Gasteiger partial charge is 0.376 e. The molecule has 0 saturated carbocycles. The minimum Gasteiger partial charge on any atom is -0.376 e. The van der Waals surface area contributed by atoms with Gasteiger partial charge in [0.2, 0.25) is 5.91 Å².